The summed E-state index contributed by atoms with van der Waals surface area (Å²) in [7, 11) is -0.868. The summed E-state index contributed by atoms with van der Waals surface area (Å²) >= 11 is 6.32. The Morgan fingerprint density at radius 1 is 0.921 bits per heavy atom. The van der Waals surface area contributed by atoms with Gasteiger partial charge in [0.2, 0.25) is 0 Å². The van der Waals surface area contributed by atoms with E-state index in [1.807, 2.05) is 13.1 Å². The molecule has 5 rings (SSSR count). The average molecular weight is 555 g/mol. The van der Waals surface area contributed by atoms with Crippen LogP contribution >= 0.6 is 11.6 Å². The zero-order chi connectivity index (χ0) is 27.0. The van der Waals surface area contributed by atoms with E-state index in [1.54, 1.807) is 29.2 Å². The highest BCUT2D eigenvalue weighted by Crippen LogP contribution is 2.29. The molecule has 38 heavy (non-hydrogen) atoms. The van der Waals surface area contributed by atoms with Gasteiger partial charge in [0.1, 0.15) is 11.8 Å². The van der Waals surface area contributed by atoms with Gasteiger partial charge in [-0.05, 0) is 55.1 Å². The normalized spacial score (nSPS) is 15.5. The van der Waals surface area contributed by atoms with Crippen LogP contribution in [0.5, 0.6) is 5.75 Å². The molecule has 0 saturated carbocycles. The maximum Gasteiger partial charge on any atom is 0.344 e. The minimum Gasteiger partial charge on any atom is -0.497 e. The number of nitrogens with zero attached hydrogens (tertiary/aromatic N) is 4. The number of halogens is 1. The molecule has 1 fully saturated rings. The summed E-state index contributed by atoms with van der Waals surface area (Å²) in [6, 6.07) is 18.1. The first kappa shape index (κ1) is 26.0. The van der Waals surface area contributed by atoms with Crippen molar-refractivity contribution in [2.75, 3.05) is 40.3 Å². The molecule has 0 spiro atoms. The zero-order valence-electron chi connectivity index (χ0n) is 21.0. The van der Waals surface area contributed by atoms with E-state index in [-0.39, 0.29) is 21.8 Å². The van der Waals surface area contributed by atoms with Gasteiger partial charge in [0.05, 0.1) is 23.0 Å². The number of carbonyl (C=O) groups excluding carboxylic acids is 1. The second kappa shape index (κ2) is 10.3. The van der Waals surface area contributed by atoms with Crippen molar-refractivity contribution in [2.45, 2.75) is 10.9 Å². The Kier molecular flexibility index (Phi) is 7.04. The third kappa shape index (κ3) is 4.59. The van der Waals surface area contributed by atoms with E-state index in [2.05, 4.69) is 4.90 Å². The Morgan fingerprint density at radius 2 is 1.58 bits per heavy atom. The lowest BCUT2D eigenvalue weighted by Crippen LogP contribution is -2.50. The van der Waals surface area contributed by atoms with Gasteiger partial charge in [-0.25, -0.2) is 13.2 Å². The summed E-state index contributed by atoms with van der Waals surface area (Å²) in [5, 5.41) is 0.309. The third-order valence-corrected chi connectivity index (χ3v) is 8.75. The van der Waals surface area contributed by atoms with Crippen molar-refractivity contribution < 1.29 is 17.9 Å². The van der Waals surface area contributed by atoms with Gasteiger partial charge in [0, 0.05) is 31.2 Å². The fourth-order valence-corrected chi connectivity index (χ4v) is 6.30. The maximum absolute atomic E-state index is 14.1. The van der Waals surface area contributed by atoms with Gasteiger partial charge >= 0.3 is 5.69 Å². The van der Waals surface area contributed by atoms with Crippen molar-refractivity contribution in [3.8, 4) is 5.75 Å². The van der Waals surface area contributed by atoms with Crippen LogP contribution in [0, 0.1) is 0 Å². The number of likely N-dealkylation sites (N-methyl/N-ethyl adjacent to an activating group) is 1. The fourth-order valence-electron chi connectivity index (χ4n) is 4.74. The number of fused-ring (bicyclic) bond motifs is 1. The van der Waals surface area contributed by atoms with Crippen molar-refractivity contribution in [3.05, 3.63) is 93.9 Å². The molecular formula is C27H27ClN4O5S. The number of rotatable bonds is 6. The molecule has 0 bridgehead atoms. The zero-order valence-corrected chi connectivity index (χ0v) is 22.5. The number of methoxy groups -OCH3 is 1. The second-order valence-corrected chi connectivity index (χ2v) is 11.4. The van der Waals surface area contributed by atoms with E-state index in [0.29, 0.717) is 42.5 Å². The van der Waals surface area contributed by atoms with E-state index in [1.165, 1.54) is 54.1 Å². The summed E-state index contributed by atoms with van der Waals surface area (Å²) in [5.74, 6) is 0.194. The van der Waals surface area contributed by atoms with Crippen LogP contribution in [0.1, 0.15) is 11.6 Å². The molecule has 0 aliphatic carbocycles. The molecule has 198 valence electrons. The highest BCUT2D eigenvalue weighted by molar-refractivity contribution is 7.90. The topological polar surface area (TPSA) is 93.8 Å². The average Bonchev–Trinajstić information content (AvgIpc) is 3.21. The first-order valence-corrected chi connectivity index (χ1v) is 13.9. The minimum atomic E-state index is -4.33. The molecule has 1 amide bonds. The number of hydrogen-bond acceptors (Lipinski definition) is 6. The van der Waals surface area contributed by atoms with E-state index in [4.69, 9.17) is 16.3 Å². The van der Waals surface area contributed by atoms with Crippen molar-refractivity contribution >= 4 is 38.6 Å². The molecule has 11 heteroatoms. The summed E-state index contributed by atoms with van der Waals surface area (Å²) in [5.41, 5.74) is 0.0899. The molecule has 9 nitrogen and oxygen atoms in total. The number of imidazole rings is 1. The summed E-state index contributed by atoms with van der Waals surface area (Å²) < 4.78 is 34.8. The van der Waals surface area contributed by atoms with Gasteiger partial charge in [-0.15, -0.1) is 0 Å². The third-order valence-electron chi connectivity index (χ3n) is 6.82. The molecular weight excluding hydrogens is 528 g/mol. The van der Waals surface area contributed by atoms with Crippen LogP contribution in [0.2, 0.25) is 5.02 Å². The Hall–Kier alpha value is -3.60. The number of carbonyl (C=O) groups is 1. The first-order valence-electron chi connectivity index (χ1n) is 12.1. The molecule has 0 N–H and O–H groups in total. The van der Waals surface area contributed by atoms with E-state index in [9.17, 15) is 18.0 Å². The second-order valence-electron chi connectivity index (χ2n) is 9.17. The highest BCUT2D eigenvalue weighted by Gasteiger charge is 2.35. The smallest absolute Gasteiger partial charge is 0.344 e. The number of benzene rings is 3. The van der Waals surface area contributed by atoms with Gasteiger partial charge < -0.3 is 14.5 Å². The molecule has 1 unspecified atom stereocenters. The first-order chi connectivity index (χ1) is 18.2. The van der Waals surface area contributed by atoms with Crippen molar-refractivity contribution in [1.82, 2.24) is 18.3 Å². The summed E-state index contributed by atoms with van der Waals surface area (Å²) in [6.45, 7) is 2.39. The lowest BCUT2D eigenvalue weighted by molar-refractivity contribution is -0.135. The molecule has 4 aromatic rings. The monoisotopic (exact) mass is 554 g/mol. The lowest BCUT2D eigenvalue weighted by atomic mass is 10.0. The predicted octanol–water partition coefficient (Wildman–Crippen LogP) is 3.07. The Bertz CT molecular complexity index is 1640. The number of amides is 1. The van der Waals surface area contributed by atoms with E-state index < -0.39 is 21.8 Å². The number of ether oxygens (including phenoxy) is 1. The molecule has 1 aromatic heterocycles. The number of hydrogen-bond donors (Lipinski definition) is 0. The fraction of sp³-hybridized carbons (Fsp3) is 0.259. The maximum atomic E-state index is 14.1. The van der Waals surface area contributed by atoms with Crippen LogP contribution in [-0.4, -0.2) is 73.0 Å². The predicted molar refractivity (Wildman–Crippen MR) is 145 cm³/mol. The number of aromatic nitrogens is 2. The highest BCUT2D eigenvalue weighted by atomic mass is 35.5. The van der Waals surface area contributed by atoms with Crippen LogP contribution in [0.4, 0.5) is 0 Å². The summed E-state index contributed by atoms with van der Waals surface area (Å²) in [4.78, 5) is 31.9. The van der Waals surface area contributed by atoms with Gasteiger partial charge in [0.15, 0.2) is 0 Å². The minimum absolute atomic E-state index is 0.0870. The van der Waals surface area contributed by atoms with Crippen LogP contribution < -0.4 is 10.4 Å². The van der Waals surface area contributed by atoms with Gasteiger partial charge in [-0.1, -0.05) is 41.9 Å². The standard InChI is InChI=1S/C27H27ClN4O5S/c1-29-14-16-30(17-15-29)26(33)25(19-6-4-3-5-7-19)31-24-18-20(28)8-13-23(24)32(27(31)34)38(35,36)22-11-9-21(37-2)10-12-22/h3-13,18,25H,14-17H2,1-2H3. The molecule has 1 atom stereocenters. The van der Waals surface area contributed by atoms with E-state index in [0.717, 1.165) is 3.97 Å². The van der Waals surface area contributed by atoms with Gasteiger partial charge in [0.25, 0.3) is 15.9 Å². The van der Waals surface area contributed by atoms with Crippen molar-refractivity contribution in [2.24, 2.45) is 0 Å². The van der Waals surface area contributed by atoms with Crippen LogP contribution in [0.15, 0.2) is 82.5 Å². The van der Waals surface area contributed by atoms with Crippen LogP contribution in [0.25, 0.3) is 11.0 Å². The van der Waals surface area contributed by atoms with Crippen molar-refractivity contribution in [1.29, 1.82) is 0 Å². The largest absolute Gasteiger partial charge is 0.497 e. The lowest BCUT2D eigenvalue weighted by Gasteiger charge is -2.35. The molecule has 2 heterocycles. The molecule has 3 aromatic carbocycles. The molecule has 1 saturated heterocycles. The Labute approximate surface area is 225 Å². The van der Waals surface area contributed by atoms with Gasteiger partial charge in [-0.3, -0.25) is 9.36 Å². The Balaban J connectivity index is 1.75. The Morgan fingerprint density at radius 3 is 2.21 bits per heavy atom. The molecule has 1 aliphatic rings. The van der Waals surface area contributed by atoms with Crippen LogP contribution in [-0.2, 0) is 14.8 Å². The number of piperazine rings is 1. The molecule has 0 radical (unpaired) electrons. The van der Waals surface area contributed by atoms with E-state index >= 15 is 0 Å². The van der Waals surface area contributed by atoms with Crippen LogP contribution in [0.3, 0.4) is 0 Å². The molecule has 1 aliphatic heterocycles. The quantitative estimate of drug-likeness (QED) is 0.364. The van der Waals surface area contributed by atoms with Gasteiger partial charge in [-0.2, -0.15) is 3.97 Å². The summed E-state index contributed by atoms with van der Waals surface area (Å²) in [6.07, 6.45) is 0. The van der Waals surface area contributed by atoms with Crippen molar-refractivity contribution in [3.63, 3.8) is 0 Å². The SMILES string of the molecule is COc1ccc(S(=O)(=O)n2c(=O)n(C(C(=O)N3CCN(C)CC3)c3ccccc3)c3cc(Cl)ccc32)cc1.